The molecule has 2 heterocycles. The van der Waals surface area contributed by atoms with Gasteiger partial charge in [0.25, 0.3) is 0 Å². The second-order valence-corrected chi connectivity index (χ2v) is 8.10. The monoisotopic (exact) mass is 396 g/mol. The van der Waals surface area contributed by atoms with Crippen molar-refractivity contribution in [3.63, 3.8) is 0 Å². The third-order valence-electron chi connectivity index (χ3n) is 6.26. The van der Waals surface area contributed by atoms with Crippen LogP contribution in [0.25, 0.3) is 0 Å². The van der Waals surface area contributed by atoms with Crippen molar-refractivity contribution in [1.29, 1.82) is 0 Å². The third kappa shape index (κ3) is 3.74. The molecule has 0 radical (unpaired) electrons. The first kappa shape index (κ1) is 19.2. The van der Waals surface area contributed by atoms with Gasteiger partial charge in [-0.1, -0.05) is 12.1 Å². The summed E-state index contributed by atoms with van der Waals surface area (Å²) in [5, 5.41) is 9.37. The highest BCUT2D eigenvalue weighted by atomic mass is 19.4. The average Bonchev–Trinajstić information content (AvgIpc) is 3.35. The van der Waals surface area contributed by atoms with E-state index < -0.39 is 23.6 Å². The van der Waals surface area contributed by atoms with Crippen LogP contribution in [0, 0.1) is 5.92 Å². The van der Waals surface area contributed by atoms with Crippen molar-refractivity contribution in [2.24, 2.45) is 5.92 Å². The maximum Gasteiger partial charge on any atom is 0.416 e. The summed E-state index contributed by atoms with van der Waals surface area (Å²) in [6.07, 6.45) is -0.259. The normalized spacial score (nSPS) is 27.2. The Hall–Kier alpha value is -2.09. The highest BCUT2D eigenvalue weighted by Gasteiger charge is 2.50. The van der Waals surface area contributed by atoms with Crippen LogP contribution in [0.5, 0.6) is 0 Å². The molecule has 1 aromatic rings. The zero-order valence-electron chi connectivity index (χ0n) is 15.4. The first-order valence-electron chi connectivity index (χ1n) is 9.68. The molecule has 0 spiro atoms. The fourth-order valence-electron chi connectivity index (χ4n) is 4.66. The maximum atomic E-state index is 13.0. The van der Waals surface area contributed by atoms with Gasteiger partial charge in [0.05, 0.1) is 18.0 Å². The predicted octanol–water partition coefficient (Wildman–Crippen LogP) is 3.13. The number of amides is 1. The predicted molar refractivity (Wildman–Crippen MR) is 94.3 cm³/mol. The van der Waals surface area contributed by atoms with Crippen molar-refractivity contribution in [1.82, 2.24) is 9.80 Å². The van der Waals surface area contributed by atoms with Crippen LogP contribution in [-0.2, 0) is 22.3 Å². The Morgan fingerprint density at radius 3 is 2.32 bits per heavy atom. The van der Waals surface area contributed by atoms with Gasteiger partial charge in [0.15, 0.2) is 0 Å². The van der Waals surface area contributed by atoms with Crippen LogP contribution in [0.1, 0.15) is 43.2 Å². The van der Waals surface area contributed by atoms with Gasteiger partial charge >= 0.3 is 12.1 Å². The molecule has 3 fully saturated rings. The summed E-state index contributed by atoms with van der Waals surface area (Å²) in [6.45, 7) is 0.476. The van der Waals surface area contributed by atoms with Crippen molar-refractivity contribution in [3.8, 4) is 0 Å². The SMILES string of the molecule is O=C(O)C1CC2CCC1N2CC(=O)N(Cc1ccc(C(F)(F)F)cc1)C1CC1. The van der Waals surface area contributed by atoms with Gasteiger partial charge < -0.3 is 10.0 Å². The summed E-state index contributed by atoms with van der Waals surface area (Å²) in [7, 11) is 0. The fourth-order valence-corrected chi connectivity index (χ4v) is 4.66. The zero-order chi connectivity index (χ0) is 20.1. The van der Waals surface area contributed by atoms with Crippen molar-refractivity contribution in [2.75, 3.05) is 6.54 Å². The summed E-state index contributed by atoms with van der Waals surface area (Å²) in [6, 6.07) is 5.12. The molecule has 0 aromatic heterocycles. The molecule has 4 rings (SSSR count). The van der Waals surface area contributed by atoms with E-state index in [0.29, 0.717) is 12.0 Å². The van der Waals surface area contributed by atoms with E-state index in [0.717, 1.165) is 37.8 Å². The van der Waals surface area contributed by atoms with E-state index in [1.807, 2.05) is 4.90 Å². The minimum atomic E-state index is -4.37. The van der Waals surface area contributed by atoms with Gasteiger partial charge in [-0.3, -0.25) is 14.5 Å². The fraction of sp³-hybridized carbons (Fsp3) is 0.600. The van der Waals surface area contributed by atoms with Crippen molar-refractivity contribution in [3.05, 3.63) is 35.4 Å². The number of benzene rings is 1. The number of nitrogens with zero attached hydrogens (tertiary/aromatic N) is 2. The molecule has 28 heavy (non-hydrogen) atoms. The summed E-state index contributed by atoms with van der Waals surface area (Å²) >= 11 is 0. The molecule has 8 heteroatoms. The van der Waals surface area contributed by atoms with Crippen LogP contribution in [-0.4, -0.2) is 51.5 Å². The Morgan fingerprint density at radius 1 is 1.11 bits per heavy atom. The highest BCUT2D eigenvalue weighted by molar-refractivity contribution is 5.79. The first-order valence-corrected chi connectivity index (χ1v) is 9.68. The molecule has 3 atom stereocenters. The summed E-state index contributed by atoms with van der Waals surface area (Å²) < 4.78 is 38.2. The molecule has 1 aromatic carbocycles. The molecule has 1 saturated carbocycles. The van der Waals surface area contributed by atoms with Gasteiger partial charge in [0.2, 0.25) is 5.91 Å². The maximum absolute atomic E-state index is 13.0. The molecule has 2 bridgehead atoms. The number of carboxylic acid groups (broad SMARTS) is 1. The van der Waals surface area contributed by atoms with Crippen LogP contribution >= 0.6 is 0 Å². The van der Waals surface area contributed by atoms with Gasteiger partial charge in [0.1, 0.15) is 0 Å². The minimum Gasteiger partial charge on any atom is -0.481 e. The number of fused-ring (bicyclic) bond motifs is 2. The molecule has 1 aliphatic carbocycles. The quantitative estimate of drug-likeness (QED) is 0.803. The lowest BCUT2D eigenvalue weighted by molar-refractivity contribution is -0.143. The molecule has 1 N–H and O–H groups in total. The van der Waals surface area contributed by atoms with Crippen LogP contribution in [0.2, 0.25) is 0 Å². The van der Waals surface area contributed by atoms with Crippen LogP contribution in [0.4, 0.5) is 13.2 Å². The highest BCUT2D eigenvalue weighted by Crippen LogP contribution is 2.42. The zero-order valence-corrected chi connectivity index (χ0v) is 15.4. The summed E-state index contributed by atoms with van der Waals surface area (Å²) in [5.41, 5.74) is -0.0324. The lowest BCUT2D eigenvalue weighted by Crippen LogP contribution is -2.43. The van der Waals surface area contributed by atoms with E-state index in [-0.39, 0.29) is 37.1 Å². The van der Waals surface area contributed by atoms with E-state index in [2.05, 4.69) is 0 Å². The largest absolute Gasteiger partial charge is 0.481 e. The van der Waals surface area contributed by atoms with Gasteiger partial charge in [-0.2, -0.15) is 13.2 Å². The van der Waals surface area contributed by atoms with Gasteiger partial charge in [-0.15, -0.1) is 0 Å². The van der Waals surface area contributed by atoms with E-state index in [1.54, 1.807) is 4.90 Å². The smallest absolute Gasteiger partial charge is 0.416 e. The number of hydrogen-bond donors (Lipinski definition) is 1. The molecular weight excluding hydrogens is 373 g/mol. The second-order valence-electron chi connectivity index (χ2n) is 8.10. The number of carbonyl (C=O) groups is 2. The lowest BCUT2D eigenvalue weighted by Gasteiger charge is -2.28. The van der Waals surface area contributed by atoms with Gasteiger partial charge in [0, 0.05) is 24.7 Å². The lowest BCUT2D eigenvalue weighted by atomic mass is 9.89. The molecule has 152 valence electrons. The average molecular weight is 396 g/mol. The molecule has 3 unspecified atom stereocenters. The Kier molecular flexibility index (Phi) is 4.85. The molecule has 2 saturated heterocycles. The van der Waals surface area contributed by atoms with Gasteiger partial charge in [-0.25, -0.2) is 0 Å². The molecular formula is C20H23F3N2O3. The molecule has 3 aliphatic rings. The number of hydrogen-bond acceptors (Lipinski definition) is 3. The number of alkyl halides is 3. The van der Waals surface area contributed by atoms with Crippen LogP contribution < -0.4 is 0 Å². The minimum absolute atomic E-state index is 0.0645. The second kappa shape index (κ2) is 7.06. The Labute approximate surface area is 161 Å². The topological polar surface area (TPSA) is 60.9 Å². The van der Waals surface area contributed by atoms with Crippen molar-refractivity contribution >= 4 is 11.9 Å². The van der Waals surface area contributed by atoms with E-state index >= 15 is 0 Å². The Balaban J connectivity index is 1.42. The number of aliphatic carboxylic acids is 1. The Morgan fingerprint density at radius 2 is 1.79 bits per heavy atom. The third-order valence-corrected chi connectivity index (χ3v) is 6.26. The number of rotatable bonds is 6. The molecule has 1 amide bonds. The number of halogens is 3. The van der Waals surface area contributed by atoms with E-state index in [9.17, 15) is 27.9 Å². The standard InChI is InChI=1S/C20H23F3N2O3/c21-20(22,23)13-3-1-12(2-4-13)10-25(14-5-6-14)18(26)11-24-15-7-8-17(24)16(9-15)19(27)28/h1-4,14-17H,5-11H2,(H,27,28). The first-order chi connectivity index (χ1) is 13.2. The molecule has 2 aliphatic heterocycles. The summed E-state index contributed by atoms with van der Waals surface area (Å²) in [5.74, 6) is -1.27. The van der Waals surface area contributed by atoms with Crippen LogP contribution in [0.15, 0.2) is 24.3 Å². The summed E-state index contributed by atoms with van der Waals surface area (Å²) in [4.78, 5) is 28.2. The number of carbonyl (C=O) groups excluding carboxylic acids is 1. The van der Waals surface area contributed by atoms with E-state index in [1.165, 1.54) is 12.1 Å². The van der Waals surface area contributed by atoms with Crippen molar-refractivity contribution < 1.29 is 27.9 Å². The Bertz CT molecular complexity index is 761. The van der Waals surface area contributed by atoms with Crippen molar-refractivity contribution in [2.45, 2.75) is 63.0 Å². The molecule has 5 nitrogen and oxygen atoms in total. The van der Waals surface area contributed by atoms with Gasteiger partial charge in [-0.05, 0) is 49.8 Å². The number of carboxylic acids is 1. The van der Waals surface area contributed by atoms with Crippen LogP contribution in [0.3, 0.4) is 0 Å². The van der Waals surface area contributed by atoms with E-state index in [4.69, 9.17) is 0 Å².